The number of hydrogen-bond acceptors (Lipinski definition) is 5. The Bertz CT molecular complexity index is 859. The predicted molar refractivity (Wildman–Crippen MR) is 100 cm³/mol. The van der Waals surface area contributed by atoms with Crippen LogP contribution in [0.2, 0.25) is 0 Å². The van der Waals surface area contributed by atoms with Crippen LogP contribution in [0.25, 0.3) is 0 Å². The number of carbonyl (C=O) groups excluding carboxylic acids is 3. The summed E-state index contributed by atoms with van der Waals surface area (Å²) >= 11 is 0. The Hall–Kier alpha value is -3.15. The molecule has 1 heterocycles. The second kappa shape index (κ2) is 8.03. The molecule has 0 radical (unpaired) electrons. The lowest BCUT2D eigenvalue weighted by molar-refractivity contribution is -0.139. The Morgan fingerprint density at radius 3 is 2.48 bits per heavy atom. The van der Waals surface area contributed by atoms with Crippen LogP contribution < -0.4 is 14.4 Å². The summed E-state index contributed by atoms with van der Waals surface area (Å²) in [6.45, 7) is 4.13. The molecule has 0 saturated carbocycles. The van der Waals surface area contributed by atoms with Crippen molar-refractivity contribution in [1.82, 2.24) is 0 Å². The van der Waals surface area contributed by atoms with Gasteiger partial charge < -0.3 is 14.4 Å². The summed E-state index contributed by atoms with van der Waals surface area (Å²) in [5, 5.41) is 0. The Balaban J connectivity index is 1.70. The first-order valence-corrected chi connectivity index (χ1v) is 8.84. The zero-order valence-corrected chi connectivity index (χ0v) is 15.3. The van der Waals surface area contributed by atoms with Crippen LogP contribution in [0, 0.1) is 5.92 Å². The van der Waals surface area contributed by atoms with Gasteiger partial charge in [0.25, 0.3) is 0 Å². The maximum absolute atomic E-state index is 12.5. The predicted octanol–water partition coefficient (Wildman–Crippen LogP) is 3.25. The molecule has 1 aliphatic heterocycles. The molecule has 0 N–H and O–H groups in total. The average molecular weight is 367 g/mol. The fourth-order valence-electron chi connectivity index (χ4n) is 3.04. The minimum absolute atomic E-state index is 0.0777. The summed E-state index contributed by atoms with van der Waals surface area (Å²) in [4.78, 5) is 38.1. The molecule has 1 saturated heterocycles. The summed E-state index contributed by atoms with van der Waals surface area (Å²) < 4.78 is 10.8. The lowest BCUT2D eigenvalue weighted by Gasteiger charge is -2.17. The molecule has 0 unspecified atom stereocenters. The Kier molecular flexibility index (Phi) is 5.54. The Morgan fingerprint density at radius 2 is 1.81 bits per heavy atom. The van der Waals surface area contributed by atoms with Crippen LogP contribution in [0.5, 0.6) is 11.5 Å². The van der Waals surface area contributed by atoms with Crippen molar-refractivity contribution in [3.8, 4) is 11.5 Å². The van der Waals surface area contributed by atoms with Crippen LogP contribution in [0.15, 0.2) is 48.5 Å². The fourth-order valence-corrected chi connectivity index (χ4v) is 3.04. The lowest BCUT2D eigenvalue weighted by atomic mass is 10.1. The van der Waals surface area contributed by atoms with Crippen molar-refractivity contribution in [2.45, 2.75) is 20.3 Å². The van der Waals surface area contributed by atoms with Gasteiger partial charge in [-0.3, -0.25) is 14.4 Å². The van der Waals surface area contributed by atoms with Gasteiger partial charge in [0, 0.05) is 18.7 Å². The molecule has 2 aromatic carbocycles. The minimum Gasteiger partial charge on any atom is -0.494 e. The third kappa shape index (κ3) is 4.16. The number of esters is 1. The second-order valence-electron chi connectivity index (χ2n) is 6.31. The highest BCUT2D eigenvalue weighted by atomic mass is 16.5. The molecule has 1 amide bonds. The van der Waals surface area contributed by atoms with Crippen LogP contribution in [-0.2, 0) is 9.59 Å². The Labute approximate surface area is 157 Å². The first-order chi connectivity index (χ1) is 13.0. The molecule has 140 valence electrons. The van der Waals surface area contributed by atoms with Crippen molar-refractivity contribution in [1.29, 1.82) is 0 Å². The summed E-state index contributed by atoms with van der Waals surface area (Å²) in [6, 6.07) is 13.8. The molecule has 6 heteroatoms. The molecule has 1 aliphatic rings. The molecular formula is C21H21NO5. The van der Waals surface area contributed by atoms with Crippen LogP contribution in [-0.4, -0.2) is 30.8 Å². The van der Waals surface area contributed by atoms with Gasteiger partial charge in [-0.25, -0.2) is 0 Å². The molecule has 0 bridgehead atoms. The average Bonchev–Trinajstić information content (AvgIpc) is 3.05. The highest BCUT2D eigenvalue weighted by Crippen LogP contribution is 2.28. The van der Waals surface area contributed by atoms with Crippen molar-refractivity contribution in [2.24, 2.45) is 5.92 Å². The monoisotopic (exact) mass is 367 g/mol. The third-order valence-electron chi connectivity index (χ3n) is 4.39. The molecule has 6 nitrogen and oxygen atoms in total. The van der Waals surface area contributed by atoms with Crippen LogP contribution in [0.3, 0.4) is 0 Å². The van der Waals surface area contributed by atoms with Gasteiger partial charge in [0.2, 0.25) is 5.91 Å². The number of amides is 1. The van der Waals surface area contributed by atoms with E-state index < -0.39 is 11.9 Å². The van der Waals surface area contributed by atoms with Gasteiger partial charge in [-0.05, 0) is 50.2 Å². The van der Waals surface area contributed by atoms with Gasteiger partial charge in [0.05, 0.1) is 18.1 Å². The molecular weight excluding hydrogens is 346 g/mol. The number of anilines is 1. The summed E-state index contributed by atoms with van der Waals surface area (Å²) in [7, 11) is 0. The van der Waals surface area contributed by atoms with E-state index in [9.17, 15) is 14.4 Å². The zero-order chi connectivity index (χ0) is 19.4. The van der Waals surface area contributed by atoms with E-state index in [0.29, 0.717) is 17.9 Å². The Morgan fingerprint density at radius 1 is 1.11 bits per heavy atom. The fraction of sp³-hybridized carbons (Fsp3) is 0.286. The van der Waals surface area contributed by atoms with Gasteiger partial charge in [-0.1, -0.05) is 12.1 Å². The van der Waals surface area contributed by atoms with Crippen LogP contribution in [0.1, 0.15) is 30.6 Å². The lowest BCUT2D eigenvalue weighted by Crippen LogP contribution is -2.27. The van der Waals surface area contributed by atoms with Gasteiger partial charge in [0.15, 0.2) is 5.78 Å². The zero-order valence-electron chi connectivity index (χ0n) is 15.3. The number of benzene rings is 2. The van der Waals surface area contributed by atoms with E-state index in [0.717, 1.165) is 5.75 Å². The molecule has 1 atom stereocenters. The van der Waals surface area contributed by atoms with E-state index in [-0.39, 0.29) is 30.4 Å². The number of nitrogens with zero attached hydrogens (tertiary/aromatic N) is 1. The molecule has 1 fully saturated rings. The minimum atomic E-state index is -0.580. The van der Waals surface area contributed by atoms with Gasteiger partial charge in [-0.15, -0.1) is 0 Å². The molecule has 3 rings (SSSR count). The van der Waals surface area contributed by atoms with E-state index in [1.54, 1.807) is 53.4 Å². The highest BCUT2D eigenvalue weighted by Gasteiger charge is 2.36. The van der Waals surface area contributed by atoms with E-state index in [2.05, 4.69) is 0 Å². The van der Waals surface area contributed by atoms with Crippen molar-refractivity contribution in [3.05, 3.63) is 54.1 Å². The SMILES string of the molecule is CCOc1ccc(N2C[C@@H](C(=O)Oc3ccccc3C(C)=O)CC2=O)cc1. The molecule has 2 aromatic rings. The van der Waals surface area contributed by atoms with Crippen molar-refractivity contribution in [2.75, 3.05) is 18.1 Å². The molecule has 27 heavy (non-hydrogen) atoms. The highest BCUT2D eigenvalue weighted by molar-refractivity contribution is 6.01. The third-order valence-corrected chi connectivity index (χ3v) is 4.39. The van der Waals surface area contributed by atoms with Gasteiger partial charge in [-0.2, -0.15) is 0 Å². The number of ketones is 1. The summed E-state index contributed by atoms with van der Waals surface area (Å²) in [5.74, 6) is -0.459. The summed E-state index contributed by atoms with van der Waals surface area (Å²) in [5.41, 5.74) is 1.06. The number of para-hydroxylation sites is 1. The van der Waals surface area contributed by atoms with E-state index in [1.165, 1.54) is 6.92 Å². The smallest absolute Gasteiger partial charge is 0.316 e. The van der Waals surface area contributed by atoms with Crippen molar-refractivity contribution >= 4 is 23.3 Å². The topological polar surface area (TPSA) is 72.9 Å². The maximum atomic E-state index is 12.5. The first kappa shape index (κ1) is 18.6. The maximum Gasteiger partial charge on any atom is 0.316 e. The first-order valence-electron chi connectivity index (χ1n) is 8.84. The standard InChI is InChI=1S/C21H21NO5/c1-3-26-17-10-8-16(9-11-17)22-13-15(12-20(22)24)21(25)27-19-7-5-4-6-18(19)14(2)23/h4-11,15H,3,12-13H2,1-2H3/t15-/m0/s1. The van der Waals surface area contributed by atoms with E-state index in [4.69, 9.17) is 9.47 Å². The van der Waals surface area contributed by atoms with Crippen molar-refractivity contribution in [3.63, 3.8) is 0 Å². The van der Waals surface area contributed by atoms with Crippen LogP contribution in [0.4, 0.5) is 5.69 Å². The normalized spacial score (nSPS) is 16.3. The summed E-state index contributed by atoms with van der Waals surface area (Å²) in [6.07, 6.45) is 0.0777. The van der Waals surface area contributed by atoms with E-state index >= 15 is 0 Å². The molecule has 0 aromatic heterocycles. The second-order valence-corrected chi connectivity index (χ2v) is 6.31. The number of carbonyl (C=O) groups is 3. The number of ether oxygens (including phenoxy) is 2. The van der Waals surface area contributed by atoms with Crippen molar-refractivity contribution < 1.29 is 23.9 Å². The number of Topliss-reactive ketones (excluding diaryl/α,β-unsaturated/α-hetero) is 1. The number of rotatable bonds is 6. The van der Waals surface area contributed by atoms with Gasteiger partial charge >= 0.3 is 5.97 Å². The van der Waals surface area contributed by atoms with Crippen LogP contribution >= 0.6 is 0 Å². The molecule has 0 spiro atoms. The number of hydrogen-bond donors (Lipinski definition) is 0. The van der Waals surface area contributed by atoms with E-state index in [1.807, 2.05) is 6.92 Å². The quantitative estimate of drug-likeness (QED) is 0.445. The molecule has 0 aliphatic carbocycles. The largest absolute Gasteiger partial charge is 0.494 e. The van der Waals surface area contributed by atoms with Gasteiger partial charge in [0.1, 0.15) is 11.5 Å².